The molecule has 3 fully saturated rings. The molecule has 4 heteroatoms. The van der Waals surface area contributed by atoms with Crippen molar-refractivity contribution in [3.63, 3.8) is 0 Å². The van der Waals surface area contributed by atoms with Gasteiger partial charge < -0.3 is 15.3 Å². The van der Waals surface area contributed by atoms with Crippen molar-refractivity contribution in [2.24, 2.45) is 17.8 Å². The lowest BCUT2D eigenvalue weighted by molar-refractivity contribution is -0.148. The summed E-state index contributed by atoms with van der Waals surface area (Å²) in [6, 6.07) is 9.78. The summed E-state index contributed by atoms with van der Waals surface area (Å²) >= 11 is 0. The first kappa shape index (κ1) is 21.8. The number of carbonyl (C=O) groups is 1. The third-order valence-corrected chi connectivity index (χ3v) is 7.99. The van der Waals surface area contributed by atoms with Gasteiger partial charge in [-0.25, -0.2) is 0 Å². The quantitative estimate of drug-likeness (QED) is 0.725. The SMILES string of the molecule is C[C@H]1CCC[C@@H](CN2CCC(NC(=O)C(O)(c3ccccc3)C3CCCC3)CC2)C1. The number of nitrogens with one attached hydrogen (secondary N) is 1. The smallest absolute Gasteiger partial charge is 0.257 e. The molecule has 2 saturated carbocycles. The van der Waals surface area contributed by atoms with E-state index < -0.39 is 5.60 Å². The Morgan fingerprint density at radius 3 is 2.40 bits per heavy atom. The van der Waals surface area contributed by atoms with Crippen LogP contribution in [0.1, 0.15) is 76.7 Å². The van der Waals surface area contributed by atoms with Crippen molar-refractivity contribution < 1.29 is 9.90 Å². The molecule has 1 aliphatic heterocycles. The van der Waals surface area contributed by atoms with Crippen molar-refractivity contribution in [3.05, 3.63) is 35.9 Å². The summed E-state index contributed by atoms with van der Waals surface area (Å²) in [6.07, 6.45) is 11.6. The van der Waals surface area contributed by atoms with E-state index >= 15 is 0 Å². The van der Waals surface area contributed by atoms with Crippen molar-refractivity contribution >= 4 is 5.91 Å². The molecular weight excluding hydrogens is 372 g/mol. The average molecular weight is 413 g/mol. The second-order valence-electron chi connectivity index (χ2n) is 10.3. The summed E-state index contributed by atoms with van der Waals surface area (Å²) < 4.78 is 0. The van der Waals surface area contributed by atoms with Crippen LogP contribution in [0.25, 0.3) is 0 Å². The lowest BCUT2D eigenvalue weighted by atomic mass is 9.79. The van der Waals surface area contributed by atoms with Crippen molar-refractivity contribution in [1.29, 1.82) is 0 Å². The van der Waals surface area contributed by atoms with Crippen LogP contribution in [0.5, 0.6) is 0 Å². The predicted molar refractivity (Wildman–Crippen MR) is 121 cm³/mol. The van der Waals surface area contributed by atoms with E-state index in [-0.39, 0.29) is 17.9 Å². The molecule has 0 spiro atoms. The van der Waals surface area contributed by atoms with Gasteiger partial charge in [0.2, 0.25) is 0 Å². The largest absolute Gasteiger partial charge is 0.375 e. The number of hydrogen-bond acceptors (Lipinski definition) is 3. The second-order valence-corrected chi connectivity index (χ2v) is 10.3. The van der Waals surface area contributed by atoms with Gasteiger partial charge >= 0.3 is 0 Å². The number of likely N-dealkylation sites (tertiary alicyclic amines) is 1. The number of aliphatic hydroxyl groups is 1. The molecule has 4 nitrogen and oxygen atoms in total. The van der Waals surface area contributed by atoms with Crippen LogP contribution in [0.4, 0.5) is 0 Å². The summed E-state index contributed by atoms with van der Waals surface area (Å²) in [6.45, 7) is 5.74. The summed E-state index contributed by atoms with van der Waals surface area (Å²) in [7, 11) is 0. The zero-order valence-corrected chi connectivity index (χ0v) is 18.7. The standard InChI is InChI=1S/C26H40N2O2/c1-20-8-7-9-21(18-20)19-28-16-14-24(15-17-28)27-25(29)26(30,23-12-5-6-13-23)22-10-3-2-4-11-22/h2-4,10-11,20-21,23-24,30H,5-9,12-19H2,1H3,(H,27,29)/t20-,21+,26?/m0/s1. The number of rotatable bonds is 6. The minimum absolute atomic E-state index is 0.0216. The van der Waals surface area contributed by atoms with Gasteiger partial charge in [0.15, 0.2) is 5.60 Å². The van der Waals surface area contributed by atoms with E-state index in [2.05, 4.69) is 17.1 Å². The van der Waals surface area contributed by atoms with E-state index in [1.165, 1.54) is 32.2 Å². The summed E-state index contributed by atoms with van der Waals surface area (Å²) in [5.41, 5.74) is -0.647. The van der Waals surface area contributed by atoms with E-state index in [0.29, 0.717) is 0 Å². The monoisotopic (exact) mass is 412 g/mol. The number of amides is 1. The highest BCUT2D eigenvalue weighted by molar-refractivity contribution is 5.87. The molecule has 0 bridgehead atoms. The normalized spacial score (nSPS) is 28.9. The zero-order chi connectivity index (χ0) is 21.0. The first-order valence-electron chi connectivity index (χ1n) is 12.4. The summed E-state index contributed by atoms with van der Waals surface area (Å²) in [5.74, 6) is 1.57. The lowest BCUT2D eigenvalue weighted by Gasteiger charge is -2.39. The Labute approximate surface area is 182 Å². The molecule has 1 amide bonds. The highest BCUT2D eigenvalue weighted by atomic mass is 16.3. The Balaban J connectivity index is 1.33. The third-order valence-electron chi connectivity index (χ3n) is 7.99. The minimum atomic E-state index is -1.40. The van der Waals surface area contributed by atoms with Crippen LogP contribution in [0.3, 0.4) is 0 Å². The number of piperidine rings is 1. The van der Waals surface area contributed by atoms with Crippen molar-refractivity contribution in [2.45, 2.75) is 82.8 Å². The van der Waals surface area contributed by atoms with Crippen LogP contribution in [-0.2, 0) is 10.4 Å². The van der Waals surface area contributed by atoms with Gasteiger partial charge in [-0.15, -0.1) is 0 Å². The molecule has 1 heterocycles. The minimum Gasteiger partial charge on any atom is -0.375 e. The molecule has 4 rings (SSSR count). The number of hydrogen-bond donors (Lipinski definition) is 2. The van der Waals surface area contributed by atoms with Crippen LogP contribution in [0.15, 0.2) is 30.3 Å². The van der Waals surface area contributed by atoms with Crippen LogP contribution < -0.4 is 5.32 Å². The van der Waals surface area contributed by atoms with Crippen LogP contribution in [0.2, 0.25) is 0 Å². The first-order valence-corrected chi connectivity index (χ1v) is 12.4. The molecule has 166 valence electrons. The van der Waals surface area contributed by atoms with Gasteiger partial charge in [0.25, 0.3) is 5.91 Å². The van der Waals surface area contributed by atoms with Crippen LogP contribution >= 0.6 is 0 Å². The van der Waals surface area contributed by atoms with Gasteiger partial charge in [-0.2, -0.15) is 0 Å². The molecule has 0 aromatic heterocycles. The molecular formula is C26H40N2O2. The fraction of sp³-hybridized carbons (Fsp3) is 0.731. The van der Waals surface area contributed by atoms with Gasteiger partial charge in [-0.3, -0.25) is 4.79 Å². The highest BCUT2D eigenvalue weighted by Crippen LogP contribution is 2.41. The molecule has 1 aromatic carbocycles. The topological polar surface area (TPSA) is 52.6 Å². The average Bonchev–Trinajstić information content (AvgIpc) is 3.31. The van der Waals surface area contributed by atoms with Gasteiger partial charge in [0.05, 0.1) is 0 Å². The Morgan fingerprint density at radius 1 is 1.03 bits per heavy atom. The van der Waals surface area contributed by atoms with Gasteiger partial charge in [0.1, 0.15) is 0 Å². The molecule has 3 atom stereocenters. The maximum atomic E-state index is 13.4. The molecule has 1 unspecified atom stereocenters. The molecule has 3 aliphatic rings. The van der Waals surface area contributed by atoms with E-state index in [4.69, 9.17) is 0 Å². The number of nitrogens with zero attached hydrogens (tertiary/aromatic N) is 1. The third kappa shape index (κ3) is 4.91. The molecule has 30 heavy (non-hydrogen) atoms. The maximum absolute atomic E-state index is 13.4. The summed E-state index contributed by atoms with van der Waals surface area (Å²) in [5, 5.41) is 14.9. The Bertz CT molecular complexity index is 680. The lowest BCUT2D eigenvalue weighted by Crippen LogP contribution is -2.54. The Kier molecular flexibility index (Phi) is 7.15. The molecule has 2 N–H and O–H groups in total. The van der Waals surface area contributed by atoms with Crippen LogP contribution in [0, 0.1) is 17.8 Å². The van der Waals surface area contributed by atoms with Crippen molar-refractivity contribution in [1.82, 2.24) is 10.2 Å². The highest BCUT2D eigenvalue weighted by Gasteiger charge is 2.46. The molecule has 1 saturated heterocycles. The second kappa shape index (κ2) is 9.82. The van der Waals surface area contributed by atoms with Crippen LogP contribution in [-0.4, -0.2) is 41.6 Å². The van der Waals surface area contributed by atoms with E-state index in [0.717, 1.165) is 69.0 Å². The zero-order valence-electron chi connectivity index (χ0n) is 18.7. The molecule has 2 aliphatic carbocycles. The van der Waals surface area contributed by atoms with Gasteiger partial charge in [-0.05, 0) is 55.9 Å². The fourth-order valence-electron chi connectivity index (χ4n) is 6.23. The first-order chi connectivity index (χ1) is 14.6. The van der Waals surface area contributed by atoms with E-state index in [1.807, 2.05) is 30.3 Å². The van der Waals surface area contributed by atoms with Gasteiger partial charge in [-0.1, -0.05) is 62.9 Å². The summed E-state index contributed by atoms with van der Waals surface area (Å²) in [4.78, 5) is 16.0. The number of benzene rings is 1. The molecule has 1 aromatic rings. The van der Waals surface area contributed by atoms with Gasteiger partial charge in [0, 0.05) is 31.6 Å². The molecule has 0 radical (unpaired) electrons. The fourth-order valence-corrected chi connectivity index (χ4v) is 6.23. The van der Waals surface area contributed by atoms with E-state index in [9.17, 15) is 9.90 Å². The van der Waals surface area contributed by atoms with E-state index in [1.54, 1.807) is 0 Å². The Hall–Kier alpha value is -1.39. The van der Waals surface area contributed by atoms with Crippen molar-refractivity contribution in [3.8, 4) is 0 Å². The maximum Gasteiger partial charge on any atom is 0.257 e. The Morgan fingerprint density at radius 2 is 1.73 bits per heavy atom. The predicted octanol–water partition coefficient (Wildman–Crippen LogP) is 4.47. The van der Waals surface area contributed by atoms with Crippen molar-refractivity contribution in [2.75, 3.05) is 19.6 Å². The number of carbonyl (C=O) groups excluding carboxylic acids is 1.